The highest BCUT2D eigenvalue weighted by Gasteiger charge is 2.08. The zero-order chi connectivity index (χ0) is 15.7. The average Bonchev–Trinajstić information content (AvgIpc) is 2.51. The molecule has 0 bridgehead atoms. The van der Waals surface area contributed by atoms with Gasteiger partial charge in [0.25, 0.3) is 0 Å². The normalized spacial score (nSPS) is 9.95. The Bertz CT molecular complexity index is 557. The standard InChI is InChI=1S/C14H12O7/c1-19-12(16)6-7-13(17)20-9-14(18)21-11-4-2-10(8-15)3-5-11/h2-8H,9H2,1H3. The van der Waals surface area contributed by atoms with Crippen LogP contribution in [-0.4, -0.2) is 37.9 Å². The number of aldehydes is 1. The van der Waals surface area contributed by atoms with E-state index in [0.717, 1.165) is 19.3 Å². The van der Waals surface area contributed by atoms with Crippen molar-refractivity contribution in [1.29, 1.82) is 0 Å². The molecule has 0 aliphatic carbocycles. The number of methoxy groups -OCH3 is 1. The zero-order valence-electron chi connectivity index (χ0n) is 11.1. The summed E-state index contributed by atoms with van der Waals surface area (Å²) in [4.78, 5) is 43.7. The van der Waals surface area contributed by atoms with E-state index < -0.39 is 24.5 Å². The fraction of sp³-hybridized carbons (Fsp3) is 0.143. The third-order valence-corrected chi connectivity index (χ3v) is 2.14. The lowest BCUT2D eigenvalue weighted by atomic mass is 10.2. The molecule has 0 spiro atoms. The topological polar surface area (TPSA) is 96.0 Å². The first-order valence-electron chi connectivity index (χ1n) is 5.74. The number of benzene rings is 1. The zero-order valence-corrected chi connectivity index (χ0v) is 11.1. The van der Waals surface area contributed by atoms with E-state index in [4.69, 9.17) is 4.74 Å². The third-order valence-electron chi connectivity index (χ3n) is 2.14. The Hall–Kier alpha value is -2.96. The van der Waals surface area contributed by atoms with Crippen LogP contribution in [0.15, 0.2) is 36.4 Å². The minimum absolute atomic E-state index is 0.215. The predicted octanol–water partition coefficient (Wildman–Crippen LogP) is 0.677. The molecule has 0 unspecified atom stereocenters. The van der Waals surface area contributed by atoms with E-state index in [1.54, 1.807) is 0 Å². The maximum Gasteiger partial charge on any atom is 0.349 e. The molecule has 0 saturated heterocycles. The van der Waals surface area contributed by atoms with E-state index in [1.807, 2.05) is 0 Å². The molecule has 21 heavy (non-hydrogen) atoms. The first-order valence-corrected chi connectivity index (χ1v) is 5.74. The van der Waals surface area contributed by atoms with Crippen molar-refractivity contribution in [2.75, 3.05) is 13.7 Å². The molecule has 0 heterocycles. The monoisotopic (exact) mass is 292 g/mol. The number of hydrogen-bond acceptors (Lipinski definition) is 7. The van der Waals surface area contributed by atoms with Crippen molar-refractivity contribution in [3.8, 4) is 5.75 Å². The lowest BCUT2D eigenvalue weighted by Crippen LogP contribution is -2.18. The van der Waals surface area contributed by atoms with Gasteiger partial charge in [-0.2, -0.15) is 0 Å². The first-order chi connectivity index (χ1) is 10.0. The highest BCUT2D eigenvalue weighted by molar-refractivity contribution is 5.92. The smallest absolute Gasteiger partial charge is 0.349 e. The Labute approximate surface area is 120 Å². The van der Waals surface area contributed by atoms with Crippen molar-refractivity contribution in [2.24, 2.45) is 0 Å². The summed E-state index contributed by atoms with van der Waals surface area (Å²) >= 11 is 0. The fourth-order valence-corrected chi connectivity index (χ4v) is 1.16. The van der Waals surface area contributed by atoms with Gasteiger partial charge >= 0.3 is 17.9 Å². The van der Waals surface area contributed by atoms with Crippen LogP contribution in [0.5, 0.6) is 5.75 Å². The summed E-state index contributed by atoms with van der Waals surface area (Å²) in [6.45, 7) is -0.611. The van der Waals surface area contributed by atoms with E-state index in [1.165, 1.54) is 24.3 Å². The fourth-order valence-electron chi connectivity index (χ4n) is 1.16. The number of carbonyl (C=O) groups excluding carboxylic acids is 4. The van der Waals surface area contributed by atoms with E-state index in [2.05, 4.69) is 9.47 Å². The maximum atomic E-state index is 11.4. The van der Waals surface area contributed by atoms with Crippen molar-refractivity contribution in [3.63, 3.8) is 0 Å². The van der Waals surface area contributed by atoms with Crippen LogP contribution >= 0.6 is 0 Å². The summed E-state index contributed by atoms with van der Waals surface area (Å²) in [5.41, 5.74) is 0.439. The van der Waals surface area contributed by atoms with Crippen LogP contribution in [0, 0.1) is 0 Å². The van der Waals surface area contributed by atoms with Crippen molar-refractivity contribution in [3.05, 3.63) is 42.0 Å². The molecule has 7 heteroatoms. The van der Waals surface area contributed by atoms with E-state index in [9.17, 15) is 19.2 Å². The van der Waals surface area contributed by atoms with Gasteiger partial charge in [-0.3, -0.25) is 4.79 Å². The van der Waals surface area contributed by atoms with Gasteiger partial charge in [-0.15, -0.1) is 0 Å². The summed E-state index contributed by atoms with van der Waals surface area (Å²) in [6, 6.07) is 5.81. The van der Waals surface area contributed by atoms with Gasteiger partial charge in [0.1, 0.15) is 12.0 Å². The van der Waals surface area contributed by atoms with Crippen LogP contribution in [0.4, 0.5) is 0 Å². The molecule has 0 aliphatic heterocycles. The molecular weight excluding hydrogens is 280 g/mol. The van der Waals surface area contributed by atoms with E-state index in [0.29, 0.717) is 11.8 Å². The molecule has 0 atom stereocenters. The largest absolute Gasteiger partial charge is 0.466 e. The molecule has 1 rings (SSSR count). The van der Waals surface area contributed by atoms with Gasteiger partial charge in [-0.1, -0.05) is 0 Å². The Morgan fingerprint density at radius 1 is 1.05 bits per heavy atom. The van der Waals surface area contributed by atoms with Crippen molar-refractivity contribution in [2.45, 2.75) is 0 Å². The van der Waals surface area contributed by atoms with Crippen molar-refractivity contribution in [1.82, 2.24) is 0 Å². The Morgan fingerprint density at radius 2 is 1.67 bits per heavy atom. The Kier molecular flexibility index (Phi) is 6.33. The molecule has 0 aliphatic rings. The molecule has 0 aromatic heterocycles. The van der Waals surface area contributed by atoms with Crippen LogP contribution < -0.4 is 4.74 Å². The maximum absolute atomic E-state index is 11.4. The molecule has 110 valence electrons. The van der Waals surface area contributed by atoms with Gasteiger partial charge in [0, 0.05) is 17.7 Å². The van der Waals surface area contributed by atoms with Crippen LogP contribution in [0.1, 0.15) is 10.4 Å². The molecule has 0 fully saturated rings. The molecule has 0 amide bonds. The Morgan fingerprint density at radius 3 is 2.24 bits per heavy atom. The van der Waals surface area contributed by atoms with Crippen molar-refractivity contribution >= 4 is 24.2 Å². The second-order valence-electron chi connectivity index (χ2n) is 3.63. The SMILES string of the molecule is COC(=O)C=CC(=O)OCC(=O)Oc1ccc(C=O)cc1. The van der Waals surface area contributed by atoms with Gasteiger partial charge in [0.15, 0.2) is 6.61 Å². The molecule has 0 N–H and O–H groups in total. The Balaban J connectivity index is 2.39. The van der Waals surface area contributed by atoms with Crippen LogP contribution in [-0.2, 0) is 23.9 Å². The molecule has 1 aromatic carbocycles. The molecule has 0 saturated carbocycles. The summed E-state index contributed by atoms with van der Waals surface area (Å²) in [7, 11) is 1.16. The van der Waals surface area contributed by atoms with Crippen LogP contribution in [0.25, 0.3) is 0 Å². The number of ether oxygens (including phenoxy) is 3. The van der Waals surface area contributed by atoms with E-state index >= 15 is 0 Å². The second-order valence-corrected chi connectivity index (χ2v) is 3.63. The number of esters is 3. The van der Waals surface area contributed by atoms with Gasteiger partial charge in [-0.25, -0.2) is 14.4 Å². The quantitative estimate of drug-likeness (QED) is 0.329. The average molecular weight is 292 g/mol. The highest BCUT2D eigenvalue weighted by Crippen LogP contribution is 2.11. The second kappa shape index (κ2) is 8.26. The molecular formula is C14H12O7. The summed E-state index contributed by atoms with van der Waals surface area (Å²) < 4.78 is 13.7. The predicted molar refractivity (Wildman–Crippen MR) is 69.6 cm³/mol. The summed E-state index contributed by atoms with van der Waals surface area (Å²) in [5.74, 6) is -2.18. The van der Waals surface area contributed by atoms with Crippen molar-refractivity contribution < 1.29 is 33.4 Å². The lowest BCUT2D eigenvalue weighted by molar-refractivity contribution is -0.150. The molecule has 1 aromatic rings. The molecule has 7 nitrogen and oxygen atoms in total. The number of hydrogen-bond donors (Lipinski definition) is 0. The van der Waals surface area contributed by atoms with Gasteiger partial charge in [0.2, 0.25) is 0 Å². The first kappa shape index (κ1) is 16.1. The highest BCUT2D eigenvalue weighted by atomic mass is 16.6. The van der Waals surface area contributed by atoms with E-state index in [-0.39, 0.29) is 5.75 Å². The number of carbonyl (C=O) groups is 4. The molecule has 0 radical (unpaired) electrons. The third kappa shape index (κ3) is 6.15. The van der Waals surface area contributed by atoms with Gasteiger partial charge < -0.3 is 14.2 Å². The number of rotatable bonds is 6. The summed E-state index contributed by atoms with van der Waals surface area (Å²) in [6.07, 6.45) is 2.35. The minimum atomic E-state index is -0.881. The van der Waals surface area contributed by atoms with Crippen LogP contribution in [0.2, 0.25) is 0 Å². The van der Waals surface area contributed by atoms with Gasteiger partial charge in [-0.05, 0) is 24.3 Å². The van der Waals surface area contributed by atoms with Crippen LogP contribution in [0.3, 0.4) is 0 Å². The lowest BCUT2D eigenvalue weighted by Gasteiger charge is -2.04. The minimum Gasteiger partial charge on any atom is -0.466 e. The van der Waals surface area contributed by atoms with Gasteiger partial charge in [0.05, 0.1) is 7.11 Å². The summed E-state index contributed by atoms with van der Waals surface area (Å²) in [5, 5.41) is 0.